The van der Waals surface area contributed by atoms with Crippen molar-refractivity contribution in [3.8, 4) is 0 Å². The van der Waals surface area contributed by atoms with Crippen LogP contribution in [0.2, 0.25) is 4.31 Å². The van der Waals surface area contributed by atoms with Crippen molar-refractivity contribution in [1.82, 2.24) is 0 Å². The zero-order valence-electron chi connectivity index (χ0n) is 14.2. The predicted molar refractivity (Wildman–Crippen MR) is 97.3 cm³/mol. The maximum atomic E-state index is 12.9. The molecule has 4 rings (SSSR count). The zero-order valence-corrected chi connectivity index (χ0v) is 15.9. The molecule has 2 aliphatic carbocycles. The van der Waals surface area contributed by atoms with Gasteiger partial charge in [-0.3, -0.25) is 0 Å². The van der Waals surface area contributed by atoms with Gasteiger partial charge in [0.15, 0.2) is 0 Å². The molecular formula is C21H24O2Se. The third-order valence-corrected chi connectivity index (χ3v) is 9.10. The van der Waals surface area contributed by atoms with Crippen molar-refractivity contribution in [2.75, 3.05) is 0 Å². The van der Waals surface area contributed by atoms with Gasteiger partial charge in [0.1, 0.15) is 0 Å². The first-order valence-electron chi connectivity index (χ1n) is 8.81. The molecule has 0 aromatic heterocycles. The van der Waals surface area contributed by atoms with Crippen LogP contribution in [0.15, 0.2) is 54.6 Å². The number of carbonyl (C=O) groups excluding carboxylic acids is 1. The Kier molecular flexibility index (Phi) is 3.97. The number of hydrogen-bond donors (Lipinski definition) is 0. The minimum atomic E-state index is -0.378. The monoisotopic (exact) mass is 388 g/mol. The van der Waals surface area contributed by atoms with Gasteiger partial charge in [0.25, 0.3) is 0 Å². The molecule has 0 N–H and O–H groups in total. The van der Waals surface area contributed by atoms with Gasteiger partial charge >= 0.3 is 150 Å². The van der Waals surface area contributed by atoms with Crippen molar-refractivity contribution in [1.29, 1.82) is 0 Å². The van der Waals surface area contributed by atoms with E-state index in [1.165, 1.54) is 15.6 Å². The Morgan fingerprint density at radius 2 is 1.83 bits per heavy atom. The zero-order chi connectivity index (χ0) is 16.9. The maximum absolute atomic E-state index is 12.9. The quantitative estimate of drug-likeness (QED) is 0.440. The van der Waals surface area contributed by atoms with E-state index >= 15 is 0 Å². The molecule has 3 fully saturated rings. The standard InChI is InChI=1S/C21H24O2Se/c1-13-10-12-17-19(18-14(2)9-11-16(13)18)23-20(22)21(17,3)24-15-7-5-4-6-8-15/h4-8,16-19H,1-2,9-12H2,3H3/t16-,17+,18-,19-,21-/m0/s1. The number of benzene rings is 1. The molecule has 24 heavy (non-hydrogen) atoms. The van der Waals surface area contributed by atoms with Gasteiger partial charge in [-0.15, -0.1) is 0 Å². The van der Waals surface area contributed by atoms with E-state index in [1.807, 2.05) is 6.07 Å². The summed E-state index contributed by atoms with van der Waals surface area (Å²) in [6.45, 7) is 10.8. The fourth-order valence-corrected chi connectivity index (χ4v) is 7.58. The third-order valence-electron chi connectivity index (χ3n) is 6.16. The van der Waals surface area contributed by atoms with Crippen LogP contribution >= 0.6 is 0 Å². The molecule has 1 aromatic rings. The molecule has 3 aliphatic rings. The van der Waals surface area contributed by atoms with Crippen molar-refractivity contribution in [3.63, 3.8) is 0 Å². The van der Waals surface area contributed by atoms with Crippen LogP contribution in [0.1, 0.15) is 32.6 Å². The van der Waals surface area contributed by atoms with Crippen LogP contribution in [0.5, 0.6) is 0 Å². The SMILES string of the molecule is C=C1CC[C@H]2C(=C)CC[C@@H]3[C@H](OC(=O)[C@@]3(C)[Se]c3ccccc3)[C@@H]12. The molecule has 2 nitrogen and oxygen atoms in total. The molecule has 126 valence electrons. The fraction of sp³-hybridized carbons (Fsp3) is 0.476. The number of carbonyl (C=O) groups is 1. The number of rotatable bonds is 2. The Balaban J connectivity index is 1.69. The van der Waals surface area contributed by atoms with Gasteiger partial charge in [0.2, 0.25) is 0 Å². The van der Waals surface area contributed by atoms with Gasteiger partial charge in [0, 0.05) is 0 Å². The Labute approximate surface area is 150 Å². The van der Waals surface area contributed by atoms with E-state index < -0.39 is 0 Å². The summed E-state index contributed by atoms with van der Waals surface area (Å²) in [5, 5.41) is 0. The molecule has 0 radical (unpaired) electrons. The summed E-state index contributed by atoms with van der Waals surface area (Å²) in [6.07, 6.45) is 4.22. The normalized spacial score (nSPS) is 38.5. The van der Waals surface area contributed by atoms with Gasteiger partial charge in [-0.2, -0.15) is 0 Å². The van der Waals surface area contributed by atoms with Crippen molar-refractivity contribution < 1.29 is 9.53 Å². The van der Waals surface area contributed by atoms with E-state index in [9.17, 15) is 4.79 Å². The molecule has 1 saturated heterocycles. The summed E-state index contributed by atoms with van der Waals surface area (Å²) in [5.74, 6) is 1.05. The number of allylic oxidation sites excluding steroid dienone is 1. The summed E-state index contributed by atoms with van der Waals surface area (Å²) in [5.41, 5.74) is 2.61. The summed E-state index contributed by atoms with van der Waals surface area (Å²) >= 11 is 0.0753. The molecular weight excluding hydrogens is 363 g/mol. The number of esters is 1. The first-order chi connectivity index (χ1) is 11.5. The van der Waals surface area contributed by atoms with Crippen LogP contribution in [0.3, 0.4) is 0 Å². The molecule has 2 saturated carbocycles. The Morgan fingerprint density at radius 3 is 2.58 bits per heavy atom. The molecule has 0 unspecified atom stereocenters. The number of fused-ring (bicyclic) bond motifs is 3. The molecule has 3 heteroatoms. The van der Waals surface area contributed by atoms with Crippen LogP contribution < -0.4 is 4.46 Å². The van der Waals surface area contributed by atoms with Gasteiger partial charge in [-0.05, 0) is 0 Å². The topological polar surface area (TPSA) is 26.3 Å². The molecule has 5 atom stereocenters. The second kappa shape index (κ2) is 5.89. The predicted octanol–water partition coefficient (Wildman–Crippen LogP) is 3.67. The molecule has 1 heterocycles. The van der Waals surface area contributed by atoms with Crippen molar-refractivity contribution in [2.45, 2.75) is 43.0 Å². The first-order valence-corrected chi connectivity index (χ1v) is 10.5. The van der Waals surface area contributed by atoms with E-state index in [0.29, 0.717) is 11.8 Å². The number of hydrogen-bond acceptors (Lipinski definition) is 2. The molecule has 0 spiro atoms. The summed E-state index contributed by atoms with van der Waals surface area (Å²) in [4.78, 5) is 12.9. The Bertz CT molecular complexity index is 695. The minimum absolute atomic E-state index is 0.00677. The van der Waals surface area contributed by atoms with Gasteiger partial charge in [-0.1, -0.05) is 0 Å². The molecule has 0 amide bonds. The van der Waals surface area contributed by atoms with Gasteiger partial charge in [0.05, 0.1) is 0 Å². The summed E-state index contributed by atoms with van der Waals surface area (Å²) in [7, 11) is 0. The second-order valence-electron chi connectivity index (χ2n) is 7.52. The molecule has 0 bridgehead atoms. The van der Waals surface area contributed by atoms with Crippen molar-refractivity contribution in [2.24, 2.45) is 17.8 Å². The number of ether oxygens (including phenoxy) is 1. The van der Waals surface area contributed by atoms with E-state index in [1.54, 1.807) is 0 Å². The average Bonchev–Trinajstić information content (AvgIpc) is 3.00. The van der Waals surface area contributed by atoms with E-state index in [0.717, 1.165) is 25.7 Å². The van der Waals surface area contributed by atoms with Crippen LogP contribution in [0.4, 0.5) is 0 Å². The second-order valence-corrected chi connectivity index (χ2v) is 10.7. The third kappa shape index (κ3) is 2.41. The van der Waals surface area contributed by atoms with E-state index in [2.05, 4.69) is 44.3 Å². The van der Waals surface area contributed by atoms with Crippen LogP contribution in [0.25, 0.3) is 0 Å². The molecule has 1 aliphatic heterocycles. The van der Waals surface area contributed by atoms with Gasteiger partial charge < -0.3 is 0 Å². The van der Waals surface area contributed by atoms with Crippen LogP contribution in [-0.4, -0.2) is 27.0 Å². The average molecular weight is 387 g/mol. The van der Waals surface area contributed by atoms with E-state index in [-0.39, 0.29) is 37.3 Å². The van der Waals surface area contributed by atoms with Crippen molar-refractivity contribution in [3.05, 3.63) is 54.6 Å². The first kappa shape index (κ1) is 16.2. The van der Waals surface area contributed by atoms with Gasteiger partial charge in [-0.25, -0.2) is 0 Å². The van der Waals surface area contributed by atoms with Crippen LogP contribution in [0, 0.1) is 17.8 Å². The summed E-state index contributed by atoms with van der Waals surface area (Å²) in [6, 6.07) is 10.4. The van der Waals surface area contributed by atoms with Crippen LogP contribution in [-0.2, 0) is 9.53 Å². The van der Waals surface area contributed by atoms with E-state index in [4.69, 9.17) is 4.74 Å². The Morgan fingerprint density at radius 1 is 1.12 bits per heavy atom. The molecule has 1 aromatic carbocycles. The Hall–Kier alpha value is -1.31. The fourth-order valence-electron chi connectivity index (χ4n) is 4.82. The van der Waals surface area contributed by atoms with Crippen molar-refractivity contribution >= 4 is 25.4 Å². The summed E-state index contributed by atoms with van der Waals surface area (Å²) < 4.78 is 6.94.